The maximum Gasteiger partial charge on any atom is 0.159 e. The molecule has 0 aromatic heterocycles. The number of rotatable bonds is 1. The zero-order chi connectivity index (χ0) is 12.6. The van der Waals surface area contributed by atoms with Gasteiger partial charge in [0.1, 0.15) is 0 Å². The van der Waals surface area contributed by atoms with Crippen molar-refractivity contribution in [2.75, 3.05) is 0 Å². The highest BCUT2D eigenvalue weighted by atomic mass is 19.2. The number of aliphatic hydroxyl groups is 1. The van der Waals surface area contributed by atoms with Gasteiger partial charge in [0.15, 0.2) is 11.6 Å². The van der Waals surface area contributed by atoms with Gasteiger partial charge in [-0.2, -0.15) is 0 Å². The molecule has 3 heteroatoms. The minimum absolute atomic E-state index is 0.400. The number of benzene rings is 1. The van der Waals surface area contributed by atoms with Gasteiger partial charge in [0.2, 0.25) is 0 Å². The SMILES string of the molecule is CC1CC(C)CC(O)(c2ccc(F)c(F)c2)C1. The van der Waals surface area contributed by atoms with Gasteiger partial charge >= 0.3 is 0 Å². The van der Waals surface area contributed by atoms with Crippen LogP contribution in [0.1, 0.15) is 38.7 Å². The second-order valence-electron chi connectivity index (χ2n) is 5.51. The van der Waals surface area contributed by atoms with Gasteiger partial charge in [-0.15, -0.1) is 0 Å². The lowest BCUT2D eigenvalue weighted by Crippen LogP contribution is -2.35. The molecule has 2 rings (SSSR count). The first kappa shape index (κ1) is 12.5. The predicted octanol–water partition coefficient (Wildman–Crippen LogP) is 3.61. The van der Waals surface area contributed by atoms with Crippen LogP contribution in [0.4, 0.5) is 8.78 Å². The van der Waals surface area contributed by atoms with Gasteiger partial charge in [-0.25, -0.2) is 8.78 Å². The third kappa shape index (κ3) is 2.49. The first-order chi connectivity index (χ1) is 7.90. The summed E-state index contributed by atoms with van der Waals surface area (Å²) in [5.41, 5.74) is -0.513. The van der Waals surface area contributed by atoms with Gasteiger partial charge in [0.25, 0.3) is 0 Å². The fourth-order valence-electron chi connectivity index (χ4n) is 3.11. The van der Waals surface area contributed by atoms with Crippen LogP contribution in [0, 0.1) is 23.5 Å². The fourth-order valence-corrected chi connectivity index (χ4v) is 3.11. The van der Waals surface area contributed by atoms with E-state index in [-0.39, 0.29) is 0 Å². The molecule has 1 aliphatic carbocycles. The molecule has 1 aromatic carbocycles. The Morgan fingerprint density at radius 1 is 1.12 bits per heavy atom. The summed E-state index contributed by atoms with van der Waals surface area (Å²) in [5, 5.41) is 10.6. The second kappa shape index (κ2) is 4.37. The Labute approximate surface area is 100 Å². The Morgan fingerprint density at radius 3 is 2.24 bits per heavy atom. The van der Waals surface area contributed by atoms with Gasteiger partial charge < -0.3 is 5.11 Å². The molecule has 1 nitrogen and oxygen atoms in total. The molecule has 0 amide bonds. The molecule has 1 aromatic rings. The van der Waals surface area contributed by atoms with Crippen molar-refractivity contribution in [3.05, 3.63) is 35.4 Å². The second-order valence-corrected chi connectivity index (χ2v) is 5.51. The standard InChI is InChI=1S/C14H18F2O/c1-9-5-10(2)8-14(17,7-9)11-3-4-12(15)13(16)6-11/h3-4,6,9-10,17H,5,7-8H2,1-2H3. The van der Waals surface area contributed by atoms with Gasteiger partial charge in [-0.1, -0.05) is 19.9 Å². The molecule has 0 bridgehead atoms. The minimum Gasteiger partial charge on any atom is -0.385 e. The Kier molecular flexibility index (Phi) is 3.21. The van der Waals surface area contributed by atoms with E-state index in [2.05, 4.69) is 13.8 Å². The van der Waals surface area contributed by atoms with E-state index in [1.807, 2.05) is 0 Å². The van der Waals surface area contributed by atoms with Crippen LogP contribution in [0.3, 0.4) is 0 Å². The Hall–Kier alpha value is -0.960. The first-order valence-electron chi connectivity index (χ1n) is 6.08. The smallest absolute Gasteiger partial charge is 0.159 e. The van der Waals surface area contributed by atoms with E-state index < -0.39 is 17.2 Å². The fraction of sp³-hybridized carbons (Fsp3) is 0.571. The summed E-state index contributed by atoms with van der Waals surface area (Å²) < 4.78 is 26.1. The van der Waals surface area contributed by atoms with Crippen LogP contribution in [0.5, 0.6) is 0 Å². The molecule has 1 aliphatic rings. The van der Waals surface area contributed by atoms with E-state index in [9.17, 15) is 13.9 Å². The molecule has 0 radical (unpaired) electrons. The molecular weight excluding hydrogens is 222 g/mol. The Balaban J connectivity index is 2.33. The van der Waals surface area contributed by atoms with Crippen LogP contribution < -0.4 is 0 Å². The Bertz CT molecular complexity index is 407. The van der Waals surface area contributed by atoms with Crippen molar-refractivity contribution in [3.63, 3.8) is 0 Å². The summed E-state index contributed by atoms with van der Waals surface area (Å²) in [7, 11) is 0. The van der Waals surface area contributed by atoms with Gasteiger partial charge in [0.05, 0.1) is 5.60 Å². The van der Waals surface area contributed by atoms with Crippen LogP contribution >= 0.6 is 0 Å². The molecule has 1 saturated carbocycles. The molecule has 0 saturated heterocycles. The number of hydrogen-bond acceptors (Lipinski definition) is 1. The molecular formula is C14H18F2O. The summed E-state index contributed by atoms with van der Waals surface area (Å²) in [4.78, 5) is 0. The van der Waals surface area contributed by atoms with Crippen LogP contribution in [0.25, 0.3) is 0 Å². The molecule has 2 atom stereocenters. The summed E-state index contributed by atoms with van der Waals surface area (Å²) in [6, 6.07) is 3.70. The average molecular weight is 240 g/mol. The quantitative estimate of drug-likeness (QED) is 0.795. The van der Waals surface area contributed by atoms with Crippen molar-refractivity contribution < 1.29 is 13.9 Å². The maximum atomic E-state index is 13.2. The van der Waals surface area contributed by atoms with Crippen molar-refractivity contribution in [3.8, 4) is 0 Å². The summed E-state index contributed by atoms with van der Waals surface area (Å²) >= 11 is 0. The normalized spacial score (nSPS) is 33.7. The van der Waals surface area contributed by atoms with E-state index >= 15 is 0 Å². The molecule has 94 valence electrons. The summed E-state index contributed by atoms with van der Waals surface area (Å²) in [6.07, 6.45) is 2.30. The monoisotopic (exact) mass is 240 g/mol. The first-order valence-corrected chi connectivity index (χ1v) is 6.08. The molecule has 0 heterocycles. The van der Waals surface area contributed by atoms with Gasteiger partial charge in [-0.05, 0) is 48.8 Å². The lowest BCUT2D eigenvalue weighted by molar-refractivity contribution is -0.0365. The summed E-state index contributed by atoms with van der Waals surface area (Å²) in [6.45, 7) is 4.17. The zero-order valence-corrected chi connectivity index (χ0v) is 10.2. The van der Waals surface area contributed by atoms with E-state index in [1.54, 1.807) is 0 Å². The highest BCUT2D eigenvalue weighted by Crippen LogP contribution is 2.42. The summed E-state index contributed by atoms with van der Waals surface area (Å²) in [5.74, 6) is -0.954. The van der Waals surface area contributed by atoms with Crippen LogP contribution in [0.2, 0.25) is 0 Å². The minimum atomic E-state index is -1.01. The topological polar surface area (TPSA) is 20.2 Å². The maximum absolute atomic E-state index is 13.2. The van der Waals surface area contributed by atoms with Crippen LogP contribution in [-0.2, 0) is 5.60 Å². The number of halogens is 2. The third-order valence-electron chi connectivity index (χ3n) is 3.63. The highest BCUT2D eigenvalue weighted by molar-refractivity contribution is 5.25. The van der Waals surface area contributed by atoms with Gasteiger partial charge in [0, 0.05) is 0 Å². The third-order valence-corrected chi connectivity index (χ3v) is 3.63. The van der Waals surface area contributed by atoms with E-state index in [1.165, 1.54) is 6.07 Å². The van der Waals surface area contributed by atoms with E-state index in [4.69, 9.17) is 0 Å². The van der Waals surface area contributed by atoms with Gasteiger partial charge in [-0.3, -0.25) is 0 Å². The average Bonchev–Trinajstić information content (AvgIpc) is 2.19. The van der Waals surface area contributed by atoms with Crippen molar-refractivity contribution >= 4 is 0 Å². The molecule has 17 heavy (non-hydrogen) atoms. The molecule has 1 fully saturated rings. The van der Waals surface area contributed by atoms with Crippen molar-refractivity contribution in [1.82, 2.24) is 0 Å². The number of hydrogen-bond donors (Lipinski definition) is 1. The molecule has 0 spiro atoms. The van der Waals surface area contributed by atoms with Crippen molar-refractivity contribution in [2.45, 2.75) is 38.7 Å². The van der Waals surface area contributed by atoms with E-state index in [0.717, 1.165) is 18.6 Å². The molecule has 0 aliphatic heterocycles. The predicted molar refractivity (Wildman–Crippen MR) is 62.4 cm³/mol. The van der Waals surface area contributed by atoms with E-state index in [0.29, 0.717) is 30.2 Å². The highest BCUT2D eigenvalue weighted by Gasteiger charge is 2.37. The molecule has 2 unspecified atom stereocenters. The van der Waals surface area contributed by atoms with Crippen molar-refractivity contribution in [1.29, 1.82) is 0 Å². The van der Waals surface area contributed by atoms with Crippen molar-refractivity contribution in [2.24, 2.45) is 11.8 Å². The molecule has 1 N–H and O–H groups in total. The lowest BCUT2D eigenvalue weighted by Gasteiger charge is -2.39. The Morgan fingerprint density at radius 2 is 1.71 bits per heavy atom. The lowest BCUT2D eigenvalue weighted by atomic mass is 9.71. The van der Waals surface area contributed by atoms with Crippen LogP contribution in [0.15, 0.2) is 18.2 Å². The zero-order valence-electron chi connectivity index (χ0n) is 10.2. The largest absolute Gasteiger partial charge is 0.385 e. The van der Waals surface area contributed by atoms with Crippen LogP contribution in [-0.4, -0.2) is 5.11 Å².